The summed E-state index contributed by atoms with van der Waals surface area (Å²) in [6.45, 7) is 0. The zero-order chi connectivity index (χ0) is 15.2. The molecular weight excluding hydrogens is 272 g/mol. The molecular formula is C14H12N4O3. The van der Waals surface area contributed by atoms with Gasteiger partial charge in [0.05, 0.1) is 31.9 Å². The van der Waals surface area contributed by atoms with Gasteiger partial charge in [-0.05, 0) is 24.3 Å². The maximum Gasteiger partial charge on any atom is 0.258 e. The SMILES string of the molecule is COc1cc(OC)nc(NC(=O)c2ccc(C#N)cc2)n1. The zero-order valence-corrected chi connectivity index (χ0v) is 11.5. The Bertz CT molecular complexity index is 670. The van der Waals surface area contributed by atoms with Gasteiger partial charge in [0.25, 0.3) is 5.91 Å². The largest absolute Gasteiger partial charge is 0.481 e. The van der Waals surface area contributed by atoms with Crippen LogP contribution in [0.4, 0.5) is 5.95 Å². The van der Waals surface area contributed by atoms with Crippen molar-refractivity contribution in [2.75, 3.05) is 19.5 Å². The molecule has 0 atom stereocenters. The second-order valence-electron chi connectivity index (χ2n) is 3.92. The van der Waals surface area contributed by atoms with Gasteiger partial charge < -0.3 is 9.47 Å². The van der Waals surface area contributed by atoms with E-state index in [2.05, 4.69) is 15.3 Å². The van der Waals surface area contributed by atoms with E-state index >= 15 is 0 Å². The molecule has 0 bridgehead atoms. The normalized spacial score (nSPS) is 9.57. The summed E-state index contributed by atoms with van der Waals surface area (Å²) in [5.41, 5.74) is 0.866. The minimum atomic E-state index is -0.394. The van der Waals surface area contributed by atoms with Gasteiger partial charge in [-0.25, -0.2) is 0 Å². The number of carbonyl (C=O) groups is 1. The van der Waals surface area contributed by atoms with Crippen molar-refractivity contribution < 1.29 is 14.3 Å². The highest BCUT2D eigenvalue weighted by atomic mass is 16.5. The maximum absolute atomic E-state index is 12.1. The van der Waals surface area contributed by atoms with Gasteiger partial charge in [0.1, 0.15) is 0 Å². The van der Waals surface area contributed by atoms with Gasteiger partial charge in [-0.2, -0.15) is 15.2 Å². The standard InChI is InChI=1S/C14H12N4O3/c1-20-11-7-12(21-2)17-14(16-11)18-13(19)10-5-3-9(8-15)4-6-10/h3-7H,1-2H3,(H,16,17,18,19). The van der Waals surface area contributed by atoms with Crippen molar-refractivity contribution in [1.29, 1.82) is 5.26 Å². The van der Waals surface area contributed by atoms with E-state index in [1.807, 2.05) is 6.07 Å². The van der Waals surface area contributed by atoms with Crippen LogP contribution >= 0.6 is 0 Å². The predicted octanol–water partition coefficient (Wildman–Crippen LogP) is 1.62. The Hall–Kier alpha value is -3.14. The van der Waals surface area contributed by atoms with E-state index in [0.717, 1.165) is 0 Å². The molecule has 0 aliphatic rings. The van der Waals surface area contributed by atoms with Gasteiger partial charge in [0.15, 0.2) is 0 Å². The van der Waals surface area contributed by atoms with Crippen molar-refractivity contribution in [3.8, 4) is 17.8 Å². The van der Waals surface area contributed by atoms with Gasteiger partial charge in [-0.3, -0.25) is 10.1 Å². The third-order valence-electron chi connectivity index (χ3n) is 2.60. The molecule has 1 heterocycles. The Morgan fingerprint density at radius 3 is 2.19 bits per heavy atom. The van der Waals surface area contributed by atoms with E-state index < -0.39 is 5.91 Å². The monoisotopic (exact) mass is 284 g/mol. The number of benzene rings is 1. The molecule has 106 valence electrons. The molecule has 0 unspecified atom stereocenters. The van der Waals surface area contributed by atoms with Crippen molar-refractivity contribution >= 4 is 11.9 Å². The van der Waals surface area contributed by atoms with Crippen LogP contribution in [0.3, 0.4) is 0 Å². The molecule has 0 spiro atoms. The van der Waals surface area contributed by atoms with Crippen LogP contribution in [0.25, 0.3) is 0 Å². The number of hydrogen-bond donors (Lipinski definition) is 1. The predicted molar refractivity (Wildman–Crippen MR) is 74.2 cm³/mol. The first-order valence-corrected chi connectivity index (χ1v) is 5.95. The molecule has 0 fully saturated rings. The van der Waals surface area contributed by atoms with E-state index in [0.29, 0.717) is 11.1 Å². The van der Waals surface area contributed by atoms with Gasteiger partial charge in [-0.15, -0.1) is 0 Å². The number of methoxy groups -OCH3 is 2. The highest BCUT2D eigenvalue weighted by molar-refractivity contribution is 6.03. The summed E-state index contributed by atoms with van der Waals surface area (Å²) in [5.74, 6) is 0.226. The number of aromatic nitrogens is 2. The van der Waals surface area contributed by atoms with Crippen molar-refractivity contribution in [3.05, 3.63) is 41.5 Å². The van der Waals surface area contributed by atoms with Crippen molar-refractivity contribution in [1.82, 2.24) is 9.97 Å². The van der Waals surface area contributed by atoms with E-state index in [1.54, 1.807) is 24.3 Å². The molecule has 21 heavy (non-hydrogen) atoms. The average Bonchev–Trinajstić information content (AvgIpc) is 2.54. The van der Waals surface area contributed by atoms with Crippen LogP contribution < -0.4 is 14.8 Å². The fourth-order valence-corrected chi connectivity index (χ4v) is 1.54. The lowest BCUT2D eigenvalue weighted by Gasteiger charge is -2.07. The number of nitrogens with one attached hydrogen (secondary N) is 1. The Kier molecular flexibility index (Phi) is 4.31. The van der Waals surface area contributed by atoms with E-state index in [1.165, 1.54) is 20.3 Å². The van der Waals surface area contributed by atoms with Crippen LogP contribution in [0.2, 0.25) is 0 Å². The second-order valence-corrected chi connectivity index (χ2v) is 3.92. The zero-order valence-electron chi connectivity index (χ0n) is 11.5. The molecule has 2 rings (SSSR count). The summed E-state index contributed by atoms with van der Waals surface area (Å²) in [4.78, 5) is 20.1. The molecule has 0 aliphatic carbocycles. The smallest absolute Gasteiger partial charge is 0.258 e. The summed E-state index contributed by atoms with van der Waals surface area (Å²) in [6, 6.07) is 9.69. The molecule has 1 N–H and O–H groups in total. The second kappa shape index (κ2) is 6.34. The van der Waals surface area contributed by atoms with E-state index in [9.17, 15) is 4.79 Å². The van der Waals surface area contributed by atoms with Gasteiger partial charge in [0.2, 0.25) is 17.7 Å². The molecule has 0 saturated carbocycles. The summed E-state index contributed by atoms with van der Waals surface area (Å²) in [5, 5.41) is 11.3. The molecule has 7 nitrogen and oxygen atoms in total. The molecule has 1 aromatic carbocycles. The van der Waals surface area contributed by atoms with Crippen molar-refractivity contribution in [2.45, 2.75) is 0 Å². The lowest BCUT2D eigenvalue weighted by molar-refractivity contribution is 0.102. The lowest BCUT2D eigenvalue weighted by atomic mass is 10.1. The summed E-state index contributed by atoms with van der Waals surface area (Å²) < 4.78 is 9.99. The first-order chi connectivity index (χ1) is 10.2. The molecule has 7 heteroatoms. The molecule has 1 amide bonds. The fraction of sp³-hybridized carbons (Fsp3) is 0.143. The average molecular weight is 284 g/mol. The van der Waals surface area contributed by atoms with Crippen LogP contribution in [-0.4, -0.2) is 30.1 Å². The Balaban J connectivity index is 2.20. The Morgan fingerprint density at radius 1 is 1.14 bits per heavy atom. The minimum Gasteiger partial charge on any atom is -0.481 e. The van der Waals surface area contributed by atoms with Crippen molar-refractivity contribution in [3.63, 3.8) is 0 Å². The Morgan fingerprint density at radius 2 is 1.71 bits per heavy atom. The number of nitrogens with zero attached hydrogens (tertiary/aromatic N) is 3. The molecule has 0 radical (unpaired) electrons. The van der Waals surface area contributed by atoms with Crippen LogP contribution in [0.15, 0.2) is 30.3 Å². The van der Waals surface area contributed by atoms with Crippen LogP contribution in [0, 0.1) is 11.3 Å². The highest BCUT2D eigenvalue weighted by Gasteiger charge is 2.11. The third kappa shape index (κ3) is 3.45. The molecule has 2 aromatic rings. The topological polar surface area (TPSA) is 97.1 Å². The maximum atomic E-state index is 12.1. The summed E-state index contributed by atoms with van der Waals surface area (Å²) in [6.07, 6.45) is 0. The van der Waals surface area contributed by atoms with Crippen LogP contribution in [-0.2, 0) is 0 Å². The number of carbonyl (C=O) groups excluding carboxylic acids is 1. The van der Waals surface area contributed by atoms with E-state index in [4.69, 9.17) is 14.7 Å². The Labute approximate surface area is 121 Å². The third-order valence-corrected chi connectivity index (χ3v) is 2.60. The fourth-order valence-electron chi connectivity index (χ4n) is 1.54. The first kappa shape index (κ1) is 14.3. The van der Waals surface area contributed by atoms with Crippen LogP contribution in [0.5, 0.6) is 11.8 Å². The van der Waals surface area contributed by atoms with Gasteiger partial charge in [0, 0.05) is 5.56 Å². The first-order valence-electron chi connectivity index (χ1n) is 5.95. The van der Waals surface area contributed by atoms with E-state index in [-0.39, 0.29) is 17.7 Å². The summed E-state index contributed by atoms with van der Waals surface area (Å²) >= 11 is 0. The number of nitriles is 1. The lowest BCUT2D eigenvalue weighted by Crippen LogP contribution is -2.14. The van der Waals surface area contributed by atoms with Gasteiger partial charge in [-0.1, -0.05) is 0 Å². The summed E-state index contributed by atoms with van der Waals surface area (Å²) in [7, 11) is 2.90. The van der Waals surface area contributed by atoms with Crippen LogP contribution in [0.1, 0.15) is 15.9 Å². The molecule has 0 saturated heterocycles. The minimum absolute atomic E-state index is 0.0700. The van der Waals surface area contributed by atoms with Gasteiger partial charge >= 0.3 is 0 Å². The molecule has 1 aromatic heterocycles. The number of hydrogen-bond acceptors (Lipinski definition) is 6. The molecule has 0 aliphatic heterocycles. The number of ether oxygens (including phenoxy) is 2. The van der Waals surface area contributed by atoms with Crippen molar-refractivity contribution in [2.24, 2.45) is 0 Å². The quantitative estimate of drug-likeness (QED) is 0.916. The number of amides is 1. The highest BCUT2D eigenvalue weighted by Crippen LogP contribution is 2.17. The number of rotatable bonds is 4. The number of anilines is 1.